The average molecular weight is 279 g/mol. The Bertz CT molecular complexity index is 422. The van der Waals surface area contributed by atoms with Gasteiger partial charge in [0.2, 0.25) is 0 Å². The summed E-state index contributed by atoms with van der Waals surface area (Å²) in [6.07, 6.45) is 3.09. The Morgan fingerprint density at radius 2 is 2.15 bits per heavy atom. The minimum Gasteiger partial charge on any atom is -0.493 e. The zero-order valence-corrected chi connectivity index (χ0v) is 12.4. The largest absolute Gasteiger partial charge is 0.493 e. The van der Waals surface area contributed by atoms with E-state index in [9.17, 15) is 5.11 Å². The van der Waals surface area contributed by atoms with E-state index < -0.39 is 0 Å². The van der Waals surface area contributed by atoms with E-state index in [0.717, 1.165) is 49.4 Å². The molecule has 0 aromatic heterocycles. The molecule has 0 heterocycles. The number of ether oxygens (including phenoxy) is 2. The number of hydrogen-bond donors (Lipinski definition) is 2. The minimum absolute atomic E-state index is 0.127. The van der Waals surface area contributed by atoms with Crippen LogP contribution in [0.2, 0.25) is 0 Å². The topological polar surface area (TPSA) is 50.7 Å². The van der Waals surface area contributed by atoms with E-state index in [2.05, 4.69) is 5.32 Å². The molecule has 0 aliphatic heterocycles. The Labute approximate surface area is 121 Å². The summed E-state index contributed by atoms with van der Waals surface area (Å²) in [5.74, 6) is 1.96. The van der Waals surface area contributed by atoms with Gasteiger partial charge in [-0.2, -0.15) is 0 Å². The zero-order chi connectivity index (χ0) is 14.4. The van der Waals surface area contributed by atoms with Gasteiger partial charge in [0.1, 0.15) is 0 Å². The molecular formula is C16H25NO3. The molecule has 0 spiro atoms. The second kappa shape index (κ2) is 7.50. The van der Waals surface area contributed by atoms with Crippen LogP contribution < -0.4 is 14.8 Å². The fraction of sp³-hybridized carbons (Fsp3) is 0.625. The molecule has 2 atom stereocenters. The summed E-state index contributed by atoms with van der Waals surface area (Å²) in [7, 11) is 1.66. The highest BCUT2D eigenvalue weighted by molar-refractivity contribution is 5.42. The first kappa shape index (κ1) is 15.1. The first-order chi connectivity index (χ1) is 9.74. The molecule has 1 aliphatic rings. The van der Waals surface area contributed by atoms with Crippen molar-refractivity contribution in [3.05, 3.63) is 23.8 Å². The second-order valence-electron chi connectivity index (χ2n) is 5.31. The molecule has 1 aromatic rings. The van der Waals surface area contributed by atoms with Crippen LogP contribution in [0.25, 0.3) is 0 Å². The van der Waals surface area contributed by atoms with Crippen molar-refractivity contribution in [2.24, 2.45) is 5.92 Å². The first-order valence-electron chi connectivity index (χ1n) is 7.43. The lowest BCUT2D eigenvalue weighted by Gasteiger charge is -2.16. The van der Waals surface area contributed by atoms with E-state index in [4.69, 9.17) is 9.47 Å². The number of nitrogens with one attached hydrogen (secondary N) is 1. The third-order valence-corrected chi connectivity index (χ3v) is 3.88. The fourth-order valence-corrected chi connectivity index (χ4v) is 2.75. The van der Waals surface area contributed by atoms with Crippen LogP contribution in [-0.4, -0.2) is 31.5 Å². The van der Waals surface area contributed by atoms with Crippen LogP contribution in [0.1, 0.15) is 31.7 Å². The number of hydrogen-bond acceptors (Lipinski definition) is 4. The molecule has 1 saturated carbocycles. The summed E-state index contributed by atoms with van der Waals surface area (Å²) in [6, 6.07) is 6.00. The molecule has 20 heavy (non-hydrogen) atoms. The lowest BCUT2D eigenvalue weighted by atomic mass is 10.1. The van der Waals surface area contributed by atoms with Gasteiger partial charge in [0, 0.05) is 13.1 Å². The molecule has 1 fully saturated rings. The summed E-state index contributed by atoms with van der Waals surface area (Å²) in [5, 5.41) is 13.2. The Morgan fingerprint density at radius 1 is 1.30 bits per heavy atom. The zero-order valence-electron chi connectivity index (χ0n) is 12.4. The van der Waals surface area contributed by atoms with Gasteiger partial charge in [0.25, 0.3) is 0 Å². The lowest BCUT2D eigenvalue weighted by molar-refractivity contribution is 0.131. The summed E-state index contributed by atoms with van der Waals surface area (Å²) >= 11 is 0. The van der Waals surface area contributed by atoms with Gasteiger partial charge in [0.05, 0.1) is 19.8 Å². The number of aliphatic hydroxyl groups is 1. The van der Waals surface area contributed by atoms with Gasteiger partial charge in [-0.15, -0.1) is 0 Å². The SMILES string of the molecule is CCOc1ccc(CNCC2CCCC2O)cc1OC. The van der Waals surface area contributed by atoms with Gasteiger partial charge in [-0.25, -0.2) is 0 Å². The van der Waals surface area contributed by atoms with Crippen molar-refractivity contribution >= 4 is 0 Å². The predicted octanol–water partition coefficient (Wildman–Crippen LogP) is 2.34. The number of rotatable bonds is 7. The maximum Gasteiger partial charge on any atom is 0.161 e. The molecule has 0 bridgehead atoms. The molecule has 1 aliphatic carbocycles. The molecule has 0 radical (unpaired) electrons. The minimum atomic E-state index is -0.127. The molecule has 2 unspecified atom stereocenters. The lowest BCUT2D eigenvalue weighted by Crippen LogP contribution is -2.27. The standard InChI is InChI=1S/C16H25NO3/c1-3-20-15-8-7-12(9-16(15)19-2)10-17-11-13-5-4-6-14(13)18/h7-9,13-14,17-18H,3-6,10-11H2,1-2H3. The molecule has 4 heteroatoms. The molecule has 2 N–H and O–H groups in total. The van der Waals surface area contributed by atoms with Crippen LogP contribution in [0.5, 0.6) is 11.5 Å². The van der Waals surface area contributed by atoms with Gasteiger partial charge >= 0.3 is 0 Å². The van der Waals surface area contributed by atoms with Crippen molar-refractivity contribution in [3.63, 3.8) is 0 Å². The Morgan fingerprint density at radius 3 is 2.80 bits per heavy atom. The molecule has 4 nitrogen and oxygen atoms in total. The fourth-order valence-electron chi connectivity index (χ4n) is 2.75. The number of aliphatic hydroxyl groups excluding tert-OH is 1. The summed E-state index contributed by atoms with van der Waals surface area (Å²) in [4.78, 5) is 0. The quantitative estimate of drug-likeness (QED) is 0.804. The van der Waals surface area contributed by atoms with Crippen LogP contribution in [0, 0.1) is 5.92 Å². The van der Waals surface area contributed by atoms with Crippen LogP contribution >= 0.6 is 0 Å². The summed E-state index contributed by atoms with van der Waals surface area (Å²) < 4.78 is 10.8. The van der Waals surface area contributed by atoms with Crippen LogP contribution in [-0.2, 0) is 6.54 Å². The highest BCUT2D eigenvalue weighted by Gasteiger charge is 2.24. The van der Waals surface area contributed by atoms with Crippen molar-refractivity contribution in [2.45, 2.75) is 38.8 Å². The maximum atomic E-state index is 9.79. The predicted molar refractivity (Wildman–Crippen MR) is 79.2 cm³/mol. The second-order valence-corrected chi connectivity index (χ2v) is 5.31. The molecule has 2 rings (SSSR count). The van der Waals surface area contributed by atoms with Crippen molar-refractivity contribution in [3.8, 4) is 11.5 Å². The van der Waals surface area contributed by atoms with E-state index in [0.29, 0.717) is 12.5 Å². The summed E-state index contributed by atoms with van der Waals surface area (Å²) in [5.41, 5.74) is 1.16. The Balaban J connectivity index is 1.86. The maximum absolute atomic E-state index is 9.79. The highest BCUT2D eigenvalue weighted by atomic mass is 16.5. The van der Waals surface area contributed by atoms with Crippen molar-refractivity contribution in [1.82, 2.24) is 5.32 Å². The van der Waals surface area contributed by atoms with E-state index in [1.165, 1.54) is 0 Å². The van der Waals surface area contributed by atoms with Gasteiger partial charge < -0.3 is 19.9 Å². The first-order valence-corrected chi connectivity index (χ1v) is 7.43. The van der Waals surface area contributed by atoms with Crippen LogP contribution in [0.4, 0.5) is 0 Å². The number of methoxy groups -OCH3 is 1. The van der Waals surface area contributed by atoms with Crippen molar-refractivity contribution in [1.29, 1.82) is 0 Å². The van der Waals surface area contributed by atoms with Gasteiger partial charge in [0.15, 0.2) is 11.5 Å². The smallest absolute Gasteiger partial charge is 0.161 e. The van der Waals surface area contributed by atoms with E-state index >= 15 is 0 Å². The molecule has 1 aromatic carbocycles. The normalized spacial score (nSPS) is 21.9. The van der Waals surface area contributed by atoms with Crippen molar-refractivity contribution in [2.75, 3.05) is 20.3 Å². The molecule has 0 saturated heterocycles. The third-order valence-electron chi connectivity index (χ3n) is 3.88. The average Bonchev–Trinajstić information content (AvgIpc) is 2.86. The van der Waals surface area contributed by atoms with Gasteiger partial charge in [-0.3, -0.25) is 0 Å². The summed E-state index contributed by atoms with van der Waals surface area (Å²) in [6.45, 7) is 4.25. The van der Waals surface area contributed by atoms with Crippen LogP contribution in [0.15, 0.2) is 18.2 Å². The monoisotopic (exact) mass is 279 g/mol. The Kier molecular flexibility index (Phi) is 5.68. The molecule has 112 valence electrons. The van der Waals surface area contributed by atoms with E-state index in [-0.39, 0.29) is 6.10 Å². The molecular weight excluding hydrogens is 254 g/mol. The Hall–Kier alpha value is -1.26. The van der Waals surface area contributed by atoms with Crippen molar-refractivity contribution < 1.29 is 14.6 Å². The van der Waals surface area contributed by atoms with E-state index in [1.807, 2.05) is 25.1 Å². The molecule has 0 amide bonds. The number of benzene rings is 1. The van der Waals surface area contributed by atoms with Gasteiger partial charge in [-0.05, 0) is 43.4 Å². The van der Waals surface area contributed by atoms with Crippen LogP contribution in [0.3, 0.4) is 0 Å². The third kappa shape index (κ3) is 3.87. The van der Waals surface area contributed by atoms with Gasteiger partial charge in [-0.1, -0.05) is 12.5 Å². The van der Waals surface area contributed by atoms with E-state index in [1.54, 1.807) is 7.11 Å². The highest BCUT2D eigenvalue weighted by Crippen LogP contribution is 2.28.